The number of nitrogens with one attached hydrogen (secondary N) is 3. The molecule has 2 heterocycles. The van der Waals surface area contributed by atoms with Gasteiger partial charge in [0.05, 0.1) is 18.6 Å². The predicted octanol–water partition coefficient (Wildman–Crippen LogP) is 4.11. The number of rotatable bonds is 15. The molecule has 2 aromatic carbocycles. The van der Waals surface area contributed by atoms with Gasteiger partial charge in [0.1, 0.15) is 24.5 Å². The molecular weight excluding hydrogens is 613 g/mol. The largest absolute Gasteiger partial charge is 0.465 e. The zero-order valence-electron chi connectivity index (χ0n) is 26.3. The molecule has 2 aliphatic heterocycles. The molecule has 6 atom stereocenters. The second-order valence-corrected chi connectivity index (χ2v) is 12.9. The lowest BCUT2D eigenvalue weighted by Gasteiger charge is -2.31. The summed E-state index contributed by atoms with van der Waals surface area (Å²) in [5, 5.41) is 8.00. The molecule has 1 unspecified atom stereocenters. The van der Waals surface area contributed by atoms with Gasteiger partial charge in [-0.3, -0.25) is 14.4 Å². The number of carbonyl (C=O) groups is 4. The van der Waals surface area contributed by atoms with Gasteiger partial charge < -0.3 is 30.2 Å². The highest BCUT2D eigenvalue weighted by molar-refractivity contribution is 7.81. The number of thiol groups is 1. The Morgan fingerprint density at radius 3 is 2.28 bits per heavy atom. The minimum absolute atomic E-state index is 0.00146. The first kappa shape index (κ1) is 35.2. The molecule has 2 saturated heterocycles. The molecule has 2 aromatic rings. The van der Waals surface area contributed by atoms with Crippen LogP contribution in [0.4, 0.5) is 9.18 Å². The van der Waals surface area contributed by atoms with Crippen LogP contribution in [0.15, 0.2) is 54.6 Å². The van der Waals surface area contributed by atoms with E-state index < -0.39 is 53.0 Å². The van der Waals surface area contributed by atoms with Gasteiger partial charge in [-0.2, -0.15) is 12.6 Å². The number of halogens is 1. The van der Waals surface area contributed by atoms with Crippen LogP contribution >= 0.6 is 12.6 Å². The summed E-state index contributed by atoms with van der Waals surface area (Å²) in [6.07, 6.45) is 2.18. The predicted molar refractivity (Wildman–Crippen MR) is 172 cm³/mol. The summed E-state index contributed by atoms with van der Waals surface area (Å²) in [5.41, 5.74) is 1.38. The SMILES string of the molecule is CC(C)C[C@H](NC(=O)[C@H](Cc1ccc(F)cc1)NC(=O)OCc1ccccc1)C(=O)N[C@@H](C[C@@H]1CCCO1)[C@@H](S)C1CCOC1=O. The summed E-state index contributed by atoms with van der Waals surface area (Å²) in [7, 11) is 0. The van der Waals surface area contributed by atoms with Crippen molar-refractivity contribution in [2.24, 2.45) is 11.8 Å². The standard InChI is InChI=1S/C34H44FN3O7S/c1-21(2)17-28(31(39)36-27(19-25-9-6-15-43-25)30(46)26-14-16-44-33(26)41)37-32(40)29(18-22-10-12-24(35)13-11-22)38-34(42)45-20-23-7-4-3-5-8-23/h3-5,7-8,10-13,21,25-30,46H,6,9,14-20H2,1-2H3,(H,36,39)(H,37,40)(H,38,42)/t25-,26?,27-,28-,29-,30-/m0/s1. The van der Waals surface area contributed by atoms with E-state index in [4.69, 9.17) is 26.8 Å². The molecule has 12 heteroatoms. The van der Waals surface area contributed by atoms with Crippen molar-refractivity contribution in [1.82, 2.24) is 16.0 Å². The minimum atomic E-state index is -1.12. The summed E-state index contributed by atoms with van der Waals surface area (Å²) < 4.78 is 29.9. The van der Waals surface area contributed by atoms with Gasteiger partial charge in [0.2, 0.25) is 11.8 Å². The van der Waals surface area contributed by atoms with Crippen LogP contribution in [0.5, 0.6) is 0 Å². The van der Waals surface area contributed by atoms with E-state index >= 15 is 0 Å². The van der Waals surface area contributed by atoms with Gasteiger partial charge >= 0.3 is 12.1 Å². The third-order valence-corrected chi connectivity index (χ3v) is 8.90. The maximum absolute atomic E-state index is 13.8. The lowest BCUT2D eigenvalue weighted by Crippen LogP contribution is -2.57. The highest BCUT2D eigenvalue weighted by Gasteiger charge is 2.39. The van der Waals surface area contributed by atoms with Crippen LogP contribution in [-0.4, -0.2) is 66.6 Å². The van der Waals surface area contributed by atoms with E-state index in [1.54, 1.807) is 0 Å². The molecule has 10 nitrogen and oxygen atoms in total. The van der Waals surface area contributed by atoms with Crippen molar-refractivity contribution in [2.75, 3.05) is 13.2 Å². The first-order valence-corrected chi connectivity index (χ1v) is 16.4. The van der Waals surface area contributed by atoms with Gasteiger partial charge in [0.25, 0.3) is 0 Å². The quantitative estimate of drug-likeness (QED) is 0.168. The Balaban J connectivity index is 1.48. The van der Waals surface area contributed by atoms with E-state index in [1.165, 1.54) is 24.3 Å². The third-order valence-electron chi connectivity index (χ3n) is 8.18. The number of benzene rings is 2. The van der Waals surface area contributed by atoms with Crippen LogP contribution in [0.3, 0.4) is 0 Å². The molecule has 0 aliphatic carbocycles. The molecule has 3 amide bonds. The maximum atomic E-state index is 13.8. The van der Waals surface area contributed by atoms with Gasteiger partial charge in [-0.15, -0.1) is 0 Å². The molecule has 0 radical (unpaired) electrons. The van der Waals surface area contributed by atoms with E-state index in [0.717, 1.165) is 18.4 Å². The zero-order chi connectivity index (χ0) is 33.1. The van der Waals surface area contributed by atoms with Gasteiger partial charge in [0, 0.05) is 24.3 Å². The minimum Gasteiger partial charge on any atom is -0.465 e. The van der Waals surface area contributed by atoms with E-state index in [9.17, 15) is 23.6 Å². The molecule has 46 heavy (non-hydrogen) atoms. The number of esters is 1. The Labute approximate surface area is 274 Å². The van der Waals surface area contributed by atoms with Crippen molar-refractivity contribution in [3.8, 4) is 0 Å². The monoisotopic (exact) mass is 657 g/mol. The van der Waals surface area contributed by atoms with Gasteiger partial charge in [-0.1, -0.05) is 56.3 Å². The highest BCUT2D eigenvalue weighted by atomic mass is 32.1. The summed E-state index contributed by atoms with van der Waals surface area (Å²) >= 11 is 4.77. The van der Waals surface area contributed by atoms with E-state index in [1.807, 2.05) is 44.2 Å². The average molecular weight is 658 g/mol. The summed E-state index contributed by atoms with van der Waals surface area (Å²) in [6, 6.07) is 12.1. The smallest absolute Gasteiger partial charge is 0.408 e. The summed E-state index contributed by atoms with van der Waals surface area (Å²) in [6.45, 7) is 4.81. The van der Waals surface area contributed by atoms with Crippen molar-refractivity contribution in [3.05, 3.63) is 71.5 Å². The Morgan fingerprint density at radius 1 is 0.935 bits per heavy atom. The molecule has 2 fully saturated rings. The summed E-state index contributed by atoms with van der Waals surface area (Å²) in [4.78, 5) is 52.8. The molecule has 0 aromatic heterocycles. The number of ether oxygens (including phenoxy) is 3. The Morgan fingerprint density at radius 2 is 1.65 bits per heavy atom. The van der Waals surface area contributed by atoms with Gasteiger partial charge in [-0.25, -0.2) is 9.18 Å². The van der Waals surface area contributed by atoms with Crippen molar-refractivity contribution >= 4 is 36.5 Å². The number of amides is 3. The zero-order valence-corrected chi connectivity index (χ0v) is 27.2. The van der Waals surface area contributed by atoms with Gasteiger partial charge in [0.15, 0.2) is 0 Å². The number of cyclic esters (lactones) is 1. The van der Waals surface area contributed by atoms with Crippen LogP contribution in [0, 0.1) is 17.7 Å². The molecular formula is C34H44FN3O7S. The molecule has 0 bridgehead atoms. The normalized spacial score (nSPS) is 20.3. The Hall–Kier alpha value is -3.64. The van der Waals surface area contributed by atoms with E-state index in [2.05, 4.69) is 16.0 Å². The molecule has 2 aliphatic rings. The fourth-order valence-corrected chi connectivity index (χ4v) is 6.20. The van der Waals surface area contributed by atoms with Crippen LogP contribution in [0.2, 0.25) is 0 Å². The number of hydrogen-bond acceptors (Lipinski definition) is 8. The van der Waals surface area contributed by atoms with Crippen molar-refractivity contribution in [1.29, 1.82) is 0 Å². The number of alkyl carbamates (subject to hydrolysis) is 1. The van der Waals surface area contributed by atoms with Crippen molar-refractivity contribution in [2.45, 2.75) is 88.5 Å². The Bertz CT molecular complexity index is 1310. The van der Waals surface area contributed by atoms with Crippen LogP contribution in [0.1, 0.15) is 57.1 Å². The number of hydrogen-bond donors (Lipinski definition) is 4. The maximum Gasteiger partial charge on any atom is 0.408 e. The van der Waals surface area contributed by atoms with E-state index in [0.29, 0.717) is 38.0 Å². The Kier molecular flexibility index (Phi) is 13.3. The fourth-order valence-electron chi connectivity index (χ4n) is 5.73. The lowest BCUT2D eigenvalue weighted by atomic mass is 9.92. The lowest BCUT2D eigenvalue weighted by molar-refractivity contribution is -0.141. The number of carbonyl (C=O) groups excluding carboxylic acids is 4. The first-order valence-electron chi connectivity index (χ1n) is 15.9. The summed E-state index contributed by atoms with van der Waals surface area (Å²) in [5.74, 6) is -2.24. The average Bonchev–Trinajstić information content (AvgIpc) is 3.71. The molecule has 4 rings (SSSR count). The second kappa shape index (κ2) is 17.3. The molecule has 0 spiro atoms. The van der Waals surface area contributed by atoms with Crippen molar-refractivity contribution in [3.63, 3.8) is 0 Å². The van der Waals surface area contributed by atoms with Crippen LogP contribution < -0.4 is 16.0 Å². The topological polar surface area (TPSA) is 132 Å². The first-order chi connectivity index (χ1) is 22.1. The van der Waals surface area contributed by atoms with Crippen LogP contribution in [0.25, 0.3) is 0 Å². The third kappa shape index (κ3) is 10.7. The van der Waals surface area contributed by atoms with E-state index in [-0.39, 0.29) is 31.0 Å². The van der Waals surface area contributed by atoms with Crippen LogP contribution in [-0.2, 0) is 41.6 Å². The molecule has 250 valence electrons. The molecule has 3 N–H and O–H groups in total. The molecule has 0 saturated carbocycles. The van der Waals surface area contributed by atoms with Gasteiger partial charge in [-0.05, 0) is 61.3 Å². The highest BCUT2D eigenvalue weighted by Crippen LogP contribution is 2.29. The second-order valence-electron chi connectivity index (χ2n) is 12.3. The van der Waals surface area contributed by atoms with Crippen molar-refractivity contribution < 1.29 is 37.8 Å². The fraction of sp³-hybridized carbons (Fsp3) is 0.529.